The van der Waals surface area contributed by atoms with Crippen LogP contribution in [-0.2, 0) is 19.7 Å². The molecule has 1 amide bonds. The number of anilines is 1. The number of ether oxygens (including phenoxy) is 3. The Kier molecular flexibility index (Phi) is 3.95. The van der Waals surface area contributed by atoms with E-state index in [1.807, 2.05) is 0 Å². The van der Waals surface area contributed by atoms with Crippen LogP contribution in [0.15, 0.2) is 36.4 Å². The molecule has 1 atom stereocenters. The summed E-state index contributed by atoms with van der Waals surface area (Å²) in [4.78, 5) is 38.7. The number of amides is 1. The van der Waals surface area contributed by atoms with Gasteiger partial charge < -0.3 is 19.1 Å². The zero-order chi connectivity index (χ0) is 20.1. The van der Waals surface area contributed by atoms with Crippen molar-refractivity contribution in [3.8, 4) is 11.5 Å². The molecule has 2 aromatic carbocycles. The predicted molar refractivity (Wildman–Crippen MR) is 96.7 cm³/mol. The summed E-state index contributed by atoms with van der Waals surface area (Å²) in [5.41, 5.74) is -1.77. The molecule has 0 spiro atoms. The SMILES string of the molecule is COC(=O)C1(c2ccccc2[N+](=O)[O-])C(=O)N(C)c2cc3c(cc21)OCCO3. The highest BCUT2D eigenvalue weighted by Gasteiger charge is 2.60. The van der Waals surface area contributed by atoms with Gasteiger partial charge in [-0.25, -0.2) is 0 Å². The number of rotatable bonds is 3. The Balaban J connectivity index is 2.09. The van der Waals surface area contributed by atoms with Crippen LogP contribution in [0.2, 0.25) is 0 Å². The molecule has 28 heavy (non-hydrogen) atoms. The number of nitro groups is 1. The molecule has 2 aromatic rings. The van der Waals surface area contributed by atoms with Gasteiger partial charge in [0.25, 0.3) is 11.6 Å². The molecular weight excluding hydrogens is 368 g/mol. The summed E-state index contributed by atoms with van der Waals surface area (Å²) in [5, 5.41) is 11.6. The Hall–Kier alpha value is -3.62. The van der Waals surface area contributed by atoms with Crippen molar-refractivity contribution < 1.29 is 28.7 Å². The van der Waals surface area contributed by atoms with E-state index in [0.717, 1.165) is 7.11 Å². The molecule has 9 heteroatoms. The molecule has 2 aliphatic rings. The minimum absolute atomic E-state index is 0.0564. The zero-order valence-electron chi connectivity index (χ0n) is 15.1. The number of carbonyl (C=O) groups is 2. The first-order chi connectivity index (χ1) is 13.4. The van der Waals surface area contributed by atoms with Crippen molar-refractivity contribution in [1.29, 1.82) is 0 Å². The Labute approximate surface area is 159 Å². The fourth-order valence-electron chi connectivity index (χ4n) is 3.80. The second kappa shape index (κ2) is 6.22. The van der Waals surface area contributed by atoms with E-state index in [2.05, 4.69) is 0 Å². The van der Waals surface area contributed by atoms with Gasteiger partial charge >= 0.3 is 5.97 Å². The quantitative estimate of drug-likeness (QED) is 0.344. The lowest BCUT2D eigenvalue weighted by atomic mass is 9.74. The monoisotopic (exact) mass is 384 g/mol. The molecule has 0 saturated carbocycles. The van der Waals surface area contributed by atoms with Gasteiger partial charge in [0.1, 0.15) is 13.2 Å². The summed E-state index contributed by atoms with van der Waals surface area (Å²) < 4.78 is 16.1. The number of para-hydroxylation sites is 1. The van der Waals surface area contributed by atoms with E-state index < -0.39 is 22.2 Å². The Bertz CT molecular complexity index is 1020. The number of benzene rings is 2. The van der Waals surface area contributed by atoms with Crippen molar-refractivity contribution in [2.24, 2.45) is 0 Å². The molecule has 0 saturated heterocycles. The first-order valence-corrected chi connectivity index (χ1v) is 8.47. The van der Waals surface area contributed by atoms with E-state index in [0.29, 0.717) is 30.4 Å². The summed E-state index contributed by atoms with van der Waals surface area (Å²) in [6.07, 6.45) is 0. The Morgan fingerprint density at radius 1 is 1.18 bits per heavy atom. The predicted octanol–water partition coefficient (Wildman–Crippen LogP) is 1.80. The number of hydrogen-bond acceptors (Lipinski definition) is 7. The van der Waals surface area contributed by atoms with Gasteiger partial charge in [-0.2, -0.15) is 0 Å². The normalized spacial score (nSPS) is 19.9. The van der Waals surface area contributed by atoms with Crippen LogP contribution in [0.25, 0.3) is 0 Å². The highest BCUT2D eigenvalue weighted by Crippen LogP contribution is 2.52. The van der Waals surface area contributed by atoms with Gasteiger partial charge in [0.05, 0.1) is 23.3 Å². The van der Waals surface area contributed by atoms with Gasteiger partial charge in [-0.15, -0.1) is 0 Å². The van der Waals surface area contributed by atoms with Crippen LogP contribution in [0.5, 0.6) is 11.5 Å². The minimum Gasteiger partial charge on any atom is -0.486 e. The minimum atomic E-state index is -2.02. The summed E-state index contributed by atoms with van der Waals surface area (Å²) in [7, 11) is 2.64. The molecule has 144 valence electrons. The number of esters is 1. The van der Waals surface area contributed by atoms with Crippen LogP contribution in [0, 0.1) is 10.1 Å². The first kappa shape index (κ1) is 17.8. The second-order valence-corrected chi connectivity index (χ2v) is 6.39. The number of methoxy groups -OCH3 is 1. The van der Waals surface area contributed by atoms with Gasteiger partial charge in [-0.05, 0) is 6.07 Å². The van der Waals surface area contributed by atoms with Crippen LogP contribution in [0.1, 0.15) is 11.1 Å². The van der Waals surface area contributed by atoms with E-state index in [1.54, 1.807) is 6.07 Å². The van der Waals surface area contributed by atoms with Crippen LogP contribution >= 0.6 is 0 Å². The van der Waals surface area contributed by atoms with E-state index in [9.17, 15) is 19.7 Å². The zero-order valence-corrected chi connectivity index (χ0v) is 15.1. The third kappa shape index (κ3) is 2.19. The summed E-state index contributed by atoms with van der Waals surface area (Å²) in [6, 6.07) is 8.78. The second-order valence-electron chi connectivity index (χ2n) is 6.39. The summed E-state index contributed by atoms with van der Waals surface area (Å²) >= 11 is 0. The largest absolute Gasteiger partial charge is 0.486 e. The van der Waals surface area contributed by atoms with Crippen molar-refractivity contribution in [3.05, 3.63) is 57.6 Å². The molecule has 2 aliphatic heterocycles. The molecule has 4 rings (SSSR count). The summed E-state index contributed by atoms with van der Waals surface area (Å²) in [6.45, 7) is 0.669. The van der Waals surface area contributed by atoms with Crippen LogP contribution < -0.4 is 14.4 Å². The topological polar surface area (TPSA) is 108 Å². The number of hydrogen-bond donors (Lipinski definition) is 0. The van der Waals surface area contributed by atoms with Gasteiger partial charge in [-0.3, -0.25) is 19.7 Å². The van der Waals surface area contributed by atoms with E-state index in [1.165, 1.54) is 42.3 Å². The Morgan fingerprint density at radius 2 is 1.82 bits per heavy atom. The molecule has 0 fully saturated rings. The number of fused-ring (bicyclic) bond motifs is 2. The lowest BCUT2D eigenvalue weighted by Crippen LogP contribution is -2.47. The standard InChI is InChI=1S/C19H16N2O7/c1-20-14-10-16-15(27-7-8-28-16)9-12(14)19(17(20)22,18(23)26-2)11-5-3-4-6-13(11)21(24)25/h3-6,9-10H,7-8H2,1-2H3. The molecule has 0 radical (unpaired) electrons. The van der Waals surface area contributed by atoms with Gasteiger partial charge in [0, 0.05) is 24.7 Å². The van der Waals surface area contributed by atoms with Gasteiger partial charge in [0.2, 0.25) is 5.41 Å². The van der Waals surface area contributed by atoms with Crippen molar-refractivity contribution in [3.63, 3.8) is 0 Å². The lowest BCUT2D eigenvalue weighted by Gasteiger charge is -2.26. The molecule has 0 aromatic heterocycles. The lowest BCUT2D eigenvalue weighted by molar-refractivity contribution is -0.385. The van der Waals surface area contributed by atoms with Gasteiger partial charge in [0.15, 0.2) is 11.5 Å². The Morgan fingerprint density at radius 3 is 2.46 bits per heavy atom. The molecule has 0 aliphatic carbocycles. The van der Waals surface area contributed by atoms with Crippen LogP contribution in [0.3, 0.4) is 0 Å². The molecule has 1 unspecified atom stereocenters. The average molecular weight is 384 g/mol. The van der Waals surface area contributed by atoms with Crippen molar-refractivity contribution in [2.75, 3.05) is 32.3 Å². The molecule has 0 N–H and O–H groups in total. The van der Waals surface area contributed by atoms with Crippen molar-refractivity contribution in [1.82, 2.24) is 0 Å². The maximum atomic E-state index is 13.4. The highest BCUT2D eigenvalue weighted by molar-refractivity contribution is 6.23. The number of nitrogens with zero attached hydrogens (tertiary/aromatic N) is 2. The first-order valence-electron chi connectivity index (χ1n) is 8.47. The molecule has 2 heterocycles. The number of likely N-dealkylation sites (N-methyl/N-ethyl adjacent to an activating group) is 1. The van der Waals surface area contributed by atoms with Crippen molar-refractivity contribution in [2.45, 2.75) is 5.41 Å². The van der Waals surface area contributed by atoms with Crippen LogP contribution in [0.4, 0.5) is 11.4 Å². The maximum absolute atomic E-state index is 13.4. The maximum Gasteiger partial charge on any atom is 0.330 e. The fraction of sp³-hybridized carbons (Fsp3) is 0.263. The molecule has 0 bridgehead atoms. The van der Waals surface area contributed by atoms with Crippen molar-refractivity contribution >= 4 is 23.3 Å². The molecule has 9 nitrogen and oxygen atoms in total. The third-order valence-electron chi connectivity index (χ3n) is 5.05. The van der Waals surface area contributed by atoms with E-state index in [4.69, 9.17) is 14.2 Å². The fourth-order valence-corrected chi connectivity index (χ4v) is 3.80. The van der Waals surface area contributed by atoms with E-state index >= 15 is 0 Å². The number of carbonyl (C=O) groups excluding carboxylic acids is 2. The summed E-state index contributed by atoms with van der Waals surface area (Å²) in [5.74, 6) is -0.757. The average Bonchev–Trinajstić information content (AvgIpc) is 2.93. The van der Waals surface area contributed by atoms with E-state index in [-0.39, 0.29) is 16.8 Å². The van der Waals surface area contributed by atoms with Gasteiger partial charge in [-0.1, -0.05) is 18.2 Å². The van der Waals surface area contributed by atoms with Crippen LogP contribution in [-0.4, -0.2) is 44.2 Å². The highest BCUT2D eigenvalue weighted by atomic mass is 16.6. The third-order valence-corrected chi connectivity index (χ3v) is 5.05. The molecular formula is C19H16N2O7. The number of nitro benzene ring substituents is 1. The smallest absolute Gasteiger partial charge is 0.330 e.